The number of carbonyl (C=O) groups excluding carboxylic acids is 1. The van der Waals surface area contributed by atoms with E-state index < -0.39 is 5.78 Å². The summed E-state index contributed by atoms with van der Waals surface area (Å²) in [6.45, 7) is 0. The maximum absolute atomic E-state index is 11.0. The normalized spacial score (nSPS) is 9.08. The van der Waals surface area contributed by atoms with Crippen molar-refractivity contribution in [3.8, 4) is 6.07 Å². The summed E-state index contributed by atoms with van der Waals surface area (Å²) in [5, 5.41) is 8.82. The third-order valence-electron chi connectivity index (χ3n) is 1.27. The van der Waals surface area contributed by atoms with E-state index in [-0.39, 0.29) is 0 Å². The van der Waals surface area contributed by atoms with Crippen molar-refractivity contribution in [2.75, 3.05) is 0 Å². The van der Waals surface area contributed by atoms with Gasteiger partial charge in [0.2, 0.25) is 0 Å². The number of nitriles is 1. The van der Waals surface area contributed by atoms with Gasteiger partial charge < -0.3 is 0 Å². The largest absolute Gasteiger partial charge is 0.277 e. The van der Waals surface area contributed by atoms with Gasteiger partial charge in [-0.3, -0.25) is 4.79 Å². The lowest BCUT2D eigenvalue weighted by Crippen LogP contribution is -1.97. The van der Waals surface area contributed by atoms with Gasteiger partial charge in [0.1, 0.15) is 6.07 Å². The van der Waals surface area contributed by atoms with E-state index in [0.717, 1.165) is 3.57 Å². The first-order valence-corrected chi connectivity index (χ1v) is 4.50. The molecule has 0 N–H and O–H groups in total. The molecule has 0 atom stereocenters. The number of nitrogens with zero attached hydrogens (tertiary/aromatic N) is 1. The molecule has 0 saturated heterocycles. The maximum Gasteiger partial charge on any atom is 0.263 e. The van der Waals surface area contributed by atoms with Crippen molar-refractivity contribution in [3.05, 3.63) is 32.4 Å². The molecule has 0 aromatic heterocycles. The fourth-order valence-corrected chi connectivity index (χ4v) is 1.48. The van der Waals surface area contributed by atoms with Gasteiger partial charge in [-0.15, -0.1) is 0 Å². The van der Waals surface area contributed by atoms with Gasteiger partial charge in [-0.25, -0.2) is 0 Å². The third kappa shape index (κ3) is 1.96. The number of halogens is 2. The Balaban J connectivity index is 3.25. The van der Waals surface area contributed by atoms with E-state index in [1.165, 1.54) is 6.07 Å². The number of ketones is 1. The van der Waals surface area contributed by atoms with E-state index in [9.17, 15) is 4.79 Å². The highest BCUT2D eigenvalue weighted by Crippen LogP contribution is 2.17. The molecule has 0 bridgehead atoms. The number of hydrogen-bond donors (Lipinski definition) is 0. The Morgan fingerprint density at radius 3 is 2.83 bits per heavy atom. The van der Waals surface area contributed by atoms with Gasteiger partial charge >= 0.3 is 0 Å². The Bertz CT molecular complexity index is 370. The zero-order chi connectivity index (χ0) is 9.14. The minimum absolute atomic E-state index is 0.366. The topological polar surface area (TPSA) is 40.9 Å². The third-order valence-corrected chi connectivity index (χ3v) is 2.45. The molecule has 0 aliphatic heterocycles. The second-order valence-electron chi connectivity index (χ2n) is 2.07. The molecule has 0 aliphatic carbocycles. The molecule has 1 aromatic carbocycles. The summed E-state index contributed by atoms with van der Waals surface area (Å²) in [5.41, 5.74) is 0.366. The molecule has 0 amide bonds. The first-order chi connectivity index (χ1) is 5.65. The molecule has 0 radical (unpaired) electrons. The minimum Gasteiger partial charge on any atom is -0.277 e. The van der Waals surface area contributed by atoms with E-state index in [4.69, 9.17) is 16.9 Å². The highest BCUT2D eigenvalue weighted by Gasteiger charge is 2.08. The van der Waals surface area contributed by atoms with Crippen LogP contribution < -0.4 is 0 Å². The Hall–Kier alpha value is -0.600. The molecule has 0 fully saturated rings. The fraction of sp³-hybridized carbons (Fsp3) is 0. The fourth-order valence-electron chi connectivity index (χ4n) is 0.732. The van der Waals surface area contributed by atoms with Crippen LogP contribution in [-0.2, 0) is 0 Å². The van der Waals surface area contributed by atoms with Crippen LogP contribution in [0.15, 0.2) is 18.2 Å². The van der Waals surface area contributed by atoms with E-state index in [0.29, 0.717) is 10.6 Å². The molecule has 1 rings (SSSR count). The van der Waals surface area contributed by atoms with E-state index >= 15 is 0 Å². The summed E-state index contributed by atoms with van der Waals surface area (Å²) in [7, 11) is 0. The molecule has 60 valence electrons. The van der Waals surface area contributed by atoms with Crippen molar-refractivity contribution in [3.63, 3.8) is 0 Å². The van der Waals surface area contributed by atoms with Crippen molar-refractivity contribution < 1.29 is 4.79 Å². The molecule has 0 spiro atoms. The van der Waals surface area contributed by atoms with Crippen LogP contribution >= 0.6 is 34.2 Å². The van der Waals surface area contributed by atoms with Gasteiger partial charge in [0.05, 0.1) is 0 Å². The molecule has 0 unspecified atom stereocenters. The second kappa shape index (κ2) is 3.87. The summed E-state index contributed by atoms with van der Waals surface area (Å²) in [4.78, 5) is 11.0. The van der Waals surface area contributed by atoms with E-state index in [2.05, 4.69) is 0 Å². The van der Waals surface area contributed by atoms with Crippen LogP contribution in [0, 0.1) is 14.9 Å². The van der Waals surface area contributed by atoms with Crippen molar-refractivity contribution in [2.45, 2.75) is 0 Å². The van der Waals surface area contributed by atoms with Crippen LogP contribution in [0.4, 0.5) is 0 Å². The number of rotatable bonds is 1. The lowest BCUT2D eigenvalue weighted by molar-refractivity contribution is 0.105. The van der Waals surface area contributed by atoms with Crippen LogP contribution in [0.1, 0.15) is 10.4 Å². The van der Waals surface area contributed by atoms with Crippen LogP contribution in [0.2, 0.25) is 5.02 Å². The number of Topliss-reactive ketones (excluding diaryl/α,β-unsaturated/α-hetero) is 1. The van der Waals surface area contributed by atoms with Crippen molar-refractivity contribution in [1.29, 1.82) is 5.26 Å². The Kier molecular flexibility index (Phi) is 3.06. The molecule has 0 saturated carbocycles. The predicted molar refractivity (Wildman–Crippen MR) is 54.1 cm³/mol. The lowest BCUT2D eigenvalue weighted by Gasteiger charge is -1.97. The Labute approximate surface area is 88.3 Å². The summed E-state index contributed by atoms with van der Waals surface area (Å²) in [5.74, 6) is -0.554. The zero-order valence-electron chi connectivity index (χ0n) is 5.84. The summed E-state index contributed by atoms with van der Waals surface area (Å²) < 4.78 is 0.739. The summed E-state index contributed by atoms with van der Waals surface area (Å²) in [6, 6.07) is 6.42. The number of benzene rings is 1. The van der Waals surface area contributed by atoms with Gasteiger partial charge in [0.15, 0.2) is 0 Å². The number of carbonyl (C=O) groups is 1. The molecule has 1 aromatic rings. The average Bonchev–Trinajstić information content (AvgIpc) is 2.08. The molecule has 2 nitrogen and oxygen atoms in total. The molecular formula is C8H3ClINO. The monoisotopic (exact) mass is 291 g/mol. The molecule has 4 heteroatoms. The smallest absolute Gasteiger partial charge is 0.263 e. The first-order valence-electron chi connectivity index (χ1n) is 3.04. The van der Waals surface area contributed by atoms with Crippen LogP contribution in [-0.4, -0.2) is 5.78 Å². The molecule has 12 heavy (non-hydrogen) atoms. The SMILES string of the molecule is N#CC(=O)c1cc(Cl)ccc1I. The number of hydrogen-bond acceptors (Lipinski definition) is 2. The van der Waals surface area contributed by atoms with Gasteiger partial charge in [-0.1, -0.05) is 11.6 Å². The van der Waals surface area contributed by atoms with Gasteiger partial charge in [0, 0.05) is 14.2 Å². The Morgan fingerprint density at radius 1 is 1.58 bits per heavy atom. The Morgan fingerprint density at radius 2 is 2.25 bits per heavy atom. The van der Waals surface area contributed by atoms with Gasteiger partial charge in [-0.05, 0) is 40.8 Å². The zero-order valence-corrected chi connectivity index (χ0v) is 8.76. The highest BCUT2D eigenvalue weighted by atomic mass is 127. The standard InChI is InChI=1S/C8H3ClINO/c9-5-1-2-7(10)6(3-5)8(12)4-11/h1-3H. The van der Waals surface area contributed by atoms with E-state index in [1.807, 2.05) is 22.6 Å². The van der Waals surface area contributed by atoms with Crippen LogP contribution in [0.5, 0.6) is 0 Å². The maximum atomic E-state index is 11.0. The summed E-state index contributed by atoms with van der Waals surface area (Å²) >= 11 is 7.64. The van der Waals surface area contributed by atoms with Gasteiger partial charge in [-0.2, -0.15) is 5.26 Å². The second-order valence-corrected chi connectivity index (χ2v) is 3.66. The average molecular weight is 291 g/mol. The summed E-state index contributed by atoms with van der Waals surface area (Å²) in [6.07, 6.45) is 0. The first kappa shape index (κ1) is 9.49. The molecule has 0 heterocycles. The minimum atomic E-state index is -0.554. The molecular weight excluding hydrogens is 288 g/mol. The van der Waals surface area contributed by atoms with Gasteiger partial charge in [0.25, 0.3) is 5.78 Å². The highest BCUT2D eigenvalue weighted by molar-refractivity contribution is 14.1. The van der Waals surface area contributed by atoms with Crippen LogP contribution in [0.3, 0.4) is 0 Å². The quantitative estimate of drug-likeness (QED) is 0.453. The van der Waals surface area contributed by atoms with E-state index in [1.54, 1.807) is 18.2 Å². The molecule has 0 aliphatic rings. The van der Waals surface area contributed by atoms with Crippen molar-refractivity contribution >= 4 is 40.0 Å². The van der Waals surface area contributed by atoms with Crippen molar-refractivity contribution in [2.24, 2.45) is 0 Å². The predicted octanol–water partition coefficient (Wildman–Crippen LogP) is 2.65. The van der Waals surface area contributed by atoms with Crippen molar-refractivity contribution in [1.82, 2.24) is 0 Å². The van der Waals surface area contributed by atoms with Crippen LogP contribution in [0.25, 0.3) is 0 Å². The lowest BCUT2D eigenvalue weighted by atomic mass is 10.1.